The summed E-state index contributed by atoms with van der Waals surface area (Å²) in [6.07, 6.45) is 2.33. The molecule has 192 valence electrons. The molecule has 10 heteroatoms. The first-order valence-electron chi connectivity index (χ1n) is 12.0. The number of sulfone groups is 1. The first kappa shape index (κ1) is 25.0. The molecule has 1 aliphatic heterocycles. The van der Waals surface area contributed by atoms with Gasteiger partial charge in [0, 0.05) is 49.8 Å². The number of piperidine rings is 1. The van der Waals surface area contributed by atoms with E-state index in [2.05, 4.69) is 16.4 Å². The number of para-hydroxylation sites is 1. The van der Waals surface area contributed by atoms with Crippen LogP contribution in [0.5, 0.6) is 0 Å². The Hall–Kier alpha value is -3.71. The van der Waals surface area contributed by atoms with Crippen molar-refractivity contribution in [1.29, 1.82) is 5.26 Å². The van der Waals surface area contributed by atoms with Crippen LogP contribution in [0.2, 0.25) is 0 Å². The van der Waals surface area contributed by atoms with Gasteiger partial charge in [0.15, 0.2) is 15.5 Å². The van der Waals surface area contributed by atoms with Crippen LogP contribution in [0.15, 0.2) is 53.6 Å². The summed E-state index contributed by atoms with van der Waals surface area (Å²) in [7, 11) is -3.45. The maximum atomic E-state index is 13.9. The predicted molar refractivity (Wildman–Crippen MR) is 140 cm³/mol. The molecular formula is C27H27F2N5O2S. The van der Waals surface area contributed by atoms with E-state index in [1.807, 2.05) is 41.3 Å². The Morgan fingerprint density at radius 3 is 2.51 bits per heavy atom. The number of nitrogens with zero attached hydrogens (tertiary/aromatic N) is 4. The van der Waals surface area contributed by atoms with Crippen LogP contribution in [0.1, 0.15) is 42.6 Å². The number of imidazole rings is 1. The Morgan fingerprint density at radius 2 is 1.84 bits per heavy atom. The van der Waals surface area contributed by atoms with Crippen molar-refractivity contribution in [2.45, 2.75) is 43.5 Å². The maximum Gasteiger partial charge on any atom is 0.251 e. The Kier molecular flexibility index (Phi) is 6.07. The second-order valence-corrected chi connectivity index (χ2v) is 11.7. The Balaban J connectivity index is 1.68. The second-order valence-electron chi connectivity index (χ2n) is 9.73. The standard InChI is InChI=1S/C27H27F2N5O2S/c1-17-12-20(18(2)31-23-6-4-5-7-24(23)37(3,35)36)21-14-25(33-10-8-27(28,29)9-11-33)34-16-19(15-30)32-26(34)22(21)13-17/h4-7,12-14,16,18,31H,8-11H2,1-3H3/t18-/m0/s1. The van der Waals surface area contributed by atoms with Crippen LogP contribution in [0.3, 0.4) is 0 Å². The number of hydrogen-bond donors (Lipinski definition) is 1. The van der Waals surface area contributed by atoms with E-state index < -0.39 is 15.8 Å². The number of rotatable bonds is 5. The van der Waals surface area contributed by atoms with Crippen LogP contribution in [-0.2, 0) is 9.84 Å². The lowest BCUT2D eigenvalue weighted by Gasteiger charge is -2.34. The zero-order chi connectivity index (χ0) is 26.5. The summed E-state index contributed by atoms with van der Waals surface area (Å²) in [4.78, 5) is 6.66. The largest absolute Gasteiger partial charge is 0.377 e. The number of benzene rings is 2. The lowest BCUT2D eigenvalue weighted by Crippen LogP contribution is -2.40. The molecule has 37 heavy (non-hydrogen) atoms. The molecule has 0 radical (unpaired) electrons. The molecule has 4 aromatic rings. The van der Waals surface area contributed by atoms with E-state index in [4.69, 9.17) is 0 Å². The van der Waals surface area contributed by atoms with Crippen LogP contribution < -0.4 is 10.2 Å². The monoisotopic (exact) mass is 523 g/mol. The van der Waals surface area contributed by atoms with E-state index in [0.29, 0.717) is 17.2 Å². The molecule has 0 bridgehead atoms. The molecule has 0 spiro atoms. The fourth-order valence-corrected chi connectivity index (χ4v) is 5.91. The number of anilines is 2. The van der Waals surface area contributed by atoms with Gasteiger partial charge in [-0.05, 0) is 49.1 Å². The first-order chi connectivity index (χ1) is 17.5. The van der Waals surface area contributed by atoms with E-state index in [9.17, 15) is 22.5 Å². The van der Waals surface area contributed by atoms with Crippen molar-refractivity contribution in [2.75, 3.05) is 29.6 Å². The highest BCUT2D eigenvalue weighted by Gasteiger charge is 2.35. The molecule has 1 aliphatic rings. The smallest absolute Gasteiger partial charge is 0.251 e. The molecule has 2 aromatic carbocycles. The summed E-state index contributed by atoms with van der Waals surface area (Å²) in [6.45, 7) is 4.28. The van der Waals surface area contributed by atoms with Gasteiger partial charge in [0.05, 0.1) is 10.6 Å². The molecule has 1 fully saturated rings. The average Bonchev–Trinajstić information content (AvgIpc) is 3.28. The quantitative estimate of drug-likeness (QED) is 0.373. The van der Waals surface area contributed by atoms with E-state index in [0.717, 1.165) is 21.9 Å². The molecule has 0 unspecified atom stereocenters. The van der Waals surface area contributed by atoms with Gasteiger partial charge in [-0.2, -0.15) is 5.26 Å². The summed E-state index contributed by atoms with van der Waals surface area (Å²) >= 11 is 0. The predicted octanol–water partition coefficient (Wildman–Crippen LogP) is 5.48. The van der Waals surface area contributed by atoms with Gasteiger partial charge >= 0.3 is 0 Å². The highest BCUT2D eigenvalue weighted by Crippen LogP contribution is 2.37. The number of halogens is 2. The molecule has 1 saturated heterocycles. The van der Waals surface area contributed by atoms with E-state index in [1.54, 1.807) is 30.5 Å². The topological polar surface area (TPSA) is 90.5 Å². The molecule has 7 nitrogen and oxygen atoms in total. The molecule has 3 heterocycles. The normalized spacial score (nSPS) is 16.6. The Labute approximate surface area is 214 Å². The van der Waals surface area contributed by atoms with Gasteiger partial charge in [0.1, 0.15) is 17.5 Å². The summed E-state index contributed by atoms with van der Waals surface area (Å²) in [5.41, 5.74) is 3.20. The molecule has 1 atom stereocenters. The zero-order valence-corrected chi connectivity index (χ0v) is 21.6. The summed E-state index contributed by atoms with van der Waals surface area (Å²) < 4.78 is 54.3. The third-order valence-corrected chi connectivity index (χ3v) is 8.04. The maximum absolute atomic E-state index is 13.9. The van der Waals surface area contributed by atoms with Crippen molar-refractivity contribution in [3.05, 3.63) is 65.5 Å². The highest BCUT2D eigenvalue weighted by molar-refractivity contribution is 7.90. The Bertz CT molecular complexity index is 1660. The number of fused-ring (bicyclic) bond motifs is 3. The van der Waals surface area contributed by atoms with Crippen molar-refractivity contribution in [3.8, 4) is 6.07 Å². The fourth-order valence-electron chi connectivity index (χ4n) is 5.05. The van der Waals surface area contributed by atoms with Gasteiger partial charge in [-0.1, -0.05) is 23.8 Å². The van der Waals surface area contributed by atoms with Crippen LogP contribution in [0.25, 0.3) is 16.4 Å². The lowest BCUT2D eigenvalue weighted by molar-refractivity contribution is -0.0221. The number of nitrogens with one attached hydrogen (secondary N) is 1. The zero-order valence-electron chi connectivity index (χ0n) is 20.8. The third kappa shape index (κ3) is 4.71. The van der Waals surface area contributed by atoms with Crippen LogP contribution in [0, 0.1) is 18.3 Å². The van der Waals surface area contributed by atoms with Gasteiger partial charge in [0.25, 0.3) is 5.92 Å². The van der Waals surface area contributed by atoms with Gasteiger partial charge in [-0.25, -0.2) is 22.2 Å². The van der Waals surface area contributed by atoms with Crippen molar-refractivity contribution in [3.63, 3.8) is 0 Å². The number of pyridine rings is 1. The minimum atomic E-state index is -3.45. The van der Waals surface area contributed by atoms with Crippen molar-refractivity contribution in [2.24, 2.45) is 0 Å². The van der Waals surface area contributed by atoms with E-state index in [-0.39, 0.29) is 42.6 Å². The number of nitriles is 1. The first-order valence-corrected chi connectivity index (χ1v) is 13.9. The molecule has 5 rings (SSSR count). The number of hydrogen-bond acceptors (Lipinski definition) is 6. The Morgan fingerprint density at radius 1 is 1.14 bits per heavy atom. The summed E-state index contributed by atoms with van der Waals surface area (Å²) in [6, 6.07) is 14.5. The lowest BCUT2D eigenvalue weighted by atomic mass is 9.97. The molecular weight excluding hydrogens is 496 g/mol. The minimum absolute atomic E-state index is 0.185. The van der Waals surface area contributed by atoms with Gasteiger partial charge in [0.2, 0.25) is 0 Å². The summed E-state index contributed by atoms with van der Waals surface area (Å²) in [5.74, 6) is -1.99. The molecule has 2 aromatic heterocycles. The fraction of sp³-hybridized carbons (Fsp3) is 0.333. The van der Waals surface area contributed by atoms with Gasteiger partial charge < -0.3 is 10.2 Å². The molecule has 0 saturated carbocycles. The van der Waals surface area contributed by atoms with Crippen molar-refractivity contribution in [1.82, 2.24) is 9.38 Å². The number of aryl methyl sites for hydroxylation is 1. The molecule has 0 aliphatic carbocycles. The summed E-state index contributed by atoms with van der Waals surface area (Å²) in [5, 5.41) is 14.6. The second kappa shape index (κ2) is 8.99. The SMILES string of the molecule is Cc1cc([C@H](C)Nc2ccccc2S(C)(=O)=O)c2cc(N3CCC(F)(F)CC3)n3cc(C#N)nc3c2c1. The van der Waals surface area contributed by atoms with E-state index >= 15 is 0 Å². The van der Waals surface area contributed by atoms with Gasteiger partial charge in [-0.15, -0.1) is 0 Å². The van der Waals surface area contributed by atoms with E-state index in [1.165, 1.54) is 6.26 Å². The average molecular weight is 524 g/mol. The van der Waals surface area contributed by atoms with Crippen LogP contribution in [0.4, 0.5) is 20.3 Å². The van der Waals surface area contributed by atoms with Crippen molar-refractivity contribution >= 4 is 37.8 Å². The number of alkyl halides is 2. The van der Waals surface area contributed by atoms with Gasteiger partial charge in [-0.3, -0.25) is 4.40 Å². The third-order valence-electron chi connectivity index (χ3n) is 6.88. The number of aromatic nitrogens is 2. The highest BCUT2D eigenvalue weighted by atomic mass is 32.2. The van der Waals surface area contributed by atoms with Crippen LogP contribution in [-0.4, -0.2) is 43.1 Å². The minimum Gasteiger partial charge on any atom is -0.377 e. The van der Waals surface area contributed by atoms with Crippen LogP contribution >= 0.6 is 0 Å². The van der Waals surface area contributed by atoms with Crippen molar-refractivity contribution < 1.29 is 17.2 Å². The molecule has 1 N–H and O–H groups in total. The molecule has 0 amide bonds.